The van der Waals surface area contributed by atoms with Crippen LogP contribution in [-0.4, -0.2) is 19.2 Å². The molecule has 1 fully saturated rings. The van der Waals surface area contributed by atoms with Crippen LogP contribution in [0.3, 0.4) is 0 Å². The molecule has 0 bridgehead atoms. The standard InChI is InChI=1S/C18H29NO/c1-5-6-15-8-9-16(19-4)18(12-15)20-17-10-7-13(2)11-14(17)3/h7,10-11,15-16,18-19H,5-6,8-9,12H2,1-4H3. The van der Waals surface area contributed by atoms with Crippen molar-refractivity contribution in [2.75, 3.05) is 7.05 Å². The SMILES string of the molecule is CCCC1CCC(NC)C(Oc2ccc(C)cc2C)C1. The first-order valence-corrected chi connectivity index (χ1v) is 8.05. The molecule has 3 unspecified atom stereocenters. The fourth-order valence-electron chi connectivity index (χ4n) is 3.44. The Bertz CT molecular complexity index is 429. The van der Waals surface area contributed by atoms with E-state index >= 15 is 0 Å². The highest BCUT2D eigenvalue weighted by Crippen LogP contribution is 2.32. The predicted octanol–water partition coefficient (Wildman–Crippen LogP) is 4.24. The third-order valence-electron chi connectivity index (χ3n) is 4.58. The fraction of sp³-hybridized carbons (Fsp3) is 0.667. The van der Waals surface area contributed by atoms with Gasteiger partial charge in [-0.2, -0.15) is 0 Å². The van der Waals surface area contributed by atoms with Gasteiger partial charge < -0.3 is 10.1 Å². The largest absolute Gasteiger partial charge is 0.489 e. The van der Waals surface area contributed by atoms with Crippen LogP contribution in [0.1, 0.15) is 50.2 Å². The Hall–Kier alpha value is -1.02. The van der Waals surface area contributed by atoms with Crippen LogP contribution in [-0.2, 0) is 0 Å². The number of hydrogen-bond donors (Lipinski definition) is 1. The van der Waals surface area contributed by atoms with E-state index in [1.165, 1.54) is 43.2 Å². The summed E-state index contributed by atoms with van der Waals surface area (Å²) in [5, 5.41) is 3.44. The summed E-state index contributed by atoms with van der Waals surface area (Å²) in [7, 11) is 2.06. The molecule has 1 aromatic carbocycles. The third-order valence-corrected chi connectivity index (χ3v) is 4.58. The predicted molar refractivity (Wildman–Crippen MR) is 85.4 cm³/mol. The molecule has 1 aliphatic rings. The minimum atomic E-state index is 0.312. The van der Waals surface area contributed by atoms with E-state index in [0.29, 0.717) is 12.1 Å². The number of rotatable bonds is 5. The molecule has 2 nitrogen and oxygen atoms in total. The number of likely N-dealkylation sites (N-methyl/N-ethyl adjacent to an activating group) is 1. The van der Waals surface area contributed by atoms with E-state index < -0.39 is 0 Å². The molecule has 0 radical (unpaired) electrons. The van der Waals surface area contributed by atoms with Gasteiger partial charge in [0, 0.05) is 6.04 Å². The van der Waals surface area contributed by atoms with Gasteiger partial charge in [-0.25, -0.2) is 0 Å². The fourth-order valence-corrected chi connectivity index (χ4v) is 3.44. The van der Waals surface area contributed by atoms with Crippen LogP contribution in [0.2, 0.25) is 0 Å². The zero-order chi connectivity index (χ0) is 14.5. The molecule has 112 valence electrons. The molecule has 3 atom stereocenters. The molecule has 1 saturated carbocycles. The van der Waals surface area contributed by atoms with Crippen molar-refractivity contribution in [2.45, 2.75) is 65.0 Å². The van der Waals surface area contributed by atoms with Gasteiger partial charge in [0.05, 0.1) is 0 Å². The topological polar surface area (TPSA) is 21.3 Å². The summed E-state index contributed by atoms with van der Waals surface area (Å²) in [5.41, 5.74) is 2.55. The molecule has 1 aromatic rings. The minimum absolute atomic E-state index is 0.312. The second kappa shape index (κ2) is 7.12. The lowest BCUT2D eigenvalue weighted by molar-refractivity contribution is 0.0860. The van der Waals surface area contributed by atoms with E-state index in [4.69, 9.17) is 4.74 Å². The Morgan fingerprint density at radius 1 is 1.25 bits per heavy atom. The number of hydrogen-bond acceptors (Lipinski definition) is 2. The van der Waals surface area contributed by atoms with Crippen molar-refractivity contribution >= 4 is 0 Å². The number of ether oxygens (including phenoxy) is 1. The van der Waals surface area contributed by atoms with Crippen molar-refractivity contribution in [1.82, 2.24) is 5.32 Å². The maximum absolute atomic E-state index is 6.36. The first kappa shape index (κ1) is 15.4. The first-order valence-electron chi connectivity index (χ1n) is 8.05. The van der Waals surface area contributed by atoms with Crippen LogP contribution >= 0.6 is 0 Å². The summed E-state index contributed by atoms with van der Waals surface area (Å²) in [6.45, 7) is 6.55. The van der Waals surface area contributed by atoms with Gasteiger partial charge >= 0.3 is 0 Å². The Labute approximate surface area is 123 Å². The van der Waals surface area contributed by atoms with E-state index in [-0.39, 0.29) is 0 Å². The molecule has 2 rings (SSSR count). The van der Waals surface area contributed by atoms with Crippen LogP contribution in [0.5, 0.6) is 5.75 Å². The lowest BCUT2D eigenvalue weighted by Crippen LogP contribution is -2.45. The molecule has 1 N–H and O–H groups in total. The van der Waals surface area contributed by atoms with Crippen molar-refractivity contribution < 1.29 is 4.74 Å². The lowest BCUT2D eigenvalue weighted by atomic mass is 9.81. The summed E-state index contributed by atoms with van der Waals surface area (Å²) in [6.07, 6.45) is 6.69. The Morgan fingerprint density at radius 3 is 2.70 bits per heavy atom. The molecule has 0 aliphatic heterocycles. The summed E-state index contributed by atoms with van der Waals surface area (Å²) in [6, 6.07) is 6.96. The molecule has 20 heavy (non-hydrogen) atoms. The summed E-state index contributed by atoms with van der Waals surface area (Å²) in [4.78, 5) is 0. The molecule has 0 saturated heterocycles. The molecular weight excluding hydrogens is 246 g/mol. The number of aryl methyl sites for hydroxylation is 2. The zero-order valence-corrected chi connectivity index (χ0v) is 13.4. The van der Waals surface area contributed by atoms with Crippen LogP contribution < -0.4 is 10.1 Å². The highest BCUT2D eigenvalue weighted by atomic mass is 16.5. The smallest absolute Gasteiger partial charge is 0.122 e. The minimum Gasteiger partial charge on any atom is -0.489 e. The summed E-state index contributed by atoms with van der Waals surface area (Å²) >= 11 is 0. The molecule has 1 aliphatic carbocycles. The molecule has 0 aromatic heterocycles. The maximum atomic E-state index is 6.36. The second-order valence-corrected chi connectivity index (χ2v) is 6.29. The van der Waals surface area contributed by atoms with Gasteiger partial charge in [0.15, 0.2) is 0 Å². The van der Waals surface area contributed by atoms with E-state index in [2.05, 4.69) is 51.3 Å². The average molecular weight is 275 g/mol. The van der Waals surface area contributed by atoms with Gasteiger partial charge in [-0.1, -0.05) is 37.5 Å². The monoisotopic (exact) mass is 275 g/mol. The highest BCUT2D eigenvalue weighted by molar-refractivity contribution is 5.35. The van der Waals surface area contributed by atoms with Gasteiger partial charge in [-0.15, -0.1) is 0 Å². The molecular formula is C18H29NO. The average Bonchev–Trinajstić information content (AvgIpc) is 2.43. The van der Waals surface area contributed by atoms with E-state index in [1.807, 2.05) is 0 Å². The van der Waals surface area contributed by atoms with Crippen molar-refractivity contribution in [2.24, 2.45) is 5.92 Å². The quantitative estimate of drug-likeness (QED) is 0.868. The van der Waals surface area contributed by atoms with Gasteiger partial charge in [0.1, 0.15) is 11.9 Å². The molecule has 0 heterocycles. The number of nitrogens with one attached hydrogen (secondary N) is 1. The Balaban J connectivity index is 2.07. The Morgan fingerprint density at radius 2 is 2.05 bits per heavy atom. The van der Waals surface area contributed by atoms with E-state index in [0.717, 1.165) is 11.7 Å². The van der Waals surface area contributed by atoms with Crippen molar-refractivity contribution in [1.29, 1.82) is 0 Å². The zero-order valence-electron chi connectivity index (χ0n) is 13.4. The van der Waals surface area contributed by atoms with Crippen LogP contribution in [0, 0.1) is 19.8 Å². The summed E-state index contributed by atoms with van der Waals surface area (Å²) < 4.78 is 6.36. The first-order chi connectivity index (χ1) is 9.63. The normalized spacial score (nSPS) is 26.5. The van der Waals surface area contributed by atoms with E-state index in [9.17, 15) is 0 Å². The molecule has 0 spiro atoms. The highest BCUT2D eigenvalue weighted by Gasteiger charge is 2.30. The molecule has 2 heteroatoms. The maximum Gasteiger partial charge on any atom is 0.122 e. The van der Waals surface area contributed by atoms with Crippen molar-refractivity contribution in [3.63, 3.8) is 0 Å². The van der Waals surface area contributed by atoms with Gasteiger partial charge in [0.2, 0.25) is 0 Å². The van der Waals surface area contributed by atoms with E-state index in [1.54, 1.807) is 0 Å². The van der Waals surface area contributed by atoms with Crippen LogP contribution in [0.4, 0.5) is 0 Å². The van der Waals surface area contributed by atoms with Crippen LogP contribution in [0.15, 0.2) is 18.2 Å². The number of benzene rings is 1. The third kappa shape index (κ3) is 3.76. The Kier molecular flexibility index (Phi) is 5.47. The second-order valence-electron chi connectivity index (χ2n) is 6.29. The van der Waals surface area contributed by atoms with Gasteiger partial charge in [-0.3, -0.25) is 0 Å². The van der Waals surface area contributed by atoms with Crippen LogP contribution in [0.25, 0.3) is 0 Å². The van der Waals surface area contributed by atoms with Gasteiger partial charge in [0.25, 0.3) is 0 Å². The summed E-state index contributed by atoms with van der Waals surface area (Å²) in [5.74, 6) is 1.89. The van der Waals surface area contributed by atoms with Crippen molar-refractivity contribution in [3.05, 3.63) is 29.3 Å². The van der Waals surface area contributed by atoms with Crippen molar-refractivity contribution in [3.8, 4) is 5.75 Å². The van der Waals surface area contributed by atoms with Gasteiger partial charge in [-0.05, 0) is 57.7 Å². The lowest BCUT2D eigenvalue weighted by Gasteiger charge is -2.36. The molecule has 0 amide bonds.